The number of carbonyl (C=O) groups excluding carboxylic acids is 1. The fourth-order valence-electron chi connectivity index (χ4n) is 3.81. The molecule has 0 radical (unpaired) electrons. The van der Waals surface area contributed by atoms with Gasteiger partial charge in [-0.3, -0.25) is 4.79 Å². The highest BCUT2D eigenvalue weighted by Gasteiger charge is 2.36. The molecule has 2 aromatic rings. The molecule has 3 rings (SSSR count). The molecule has 0 saturated carbocycles. The van der Waals surface area contributed by atoms with Crippen LogP contribution in [0.2, 0.25) is 0 Å². The zero-order chi connectivity index (χ0) is 23.5. The van der Waals surface area contributed by atoms with Crippen LogP contribution in [0.3, 0.4) is 0 Å². The number of hydrogen-bond donors (Lipinski definition) is 1. The molecule has 8 heteroatoms. The monoisotopic (exact) mass is 460 g/mol. The highest BCUT2D eigenvalue weighted by atomic mass is 32.2. The SMILES string of the molecule is COc1ccc(-c2cccc3c2COC3=O)c(OCC(C)(C)C(CSC)C(=O)O)c1OC. The summed E-state index contributed by atoms with van der Waals surface area (Å²) in [6, 6.07) is 9.05. The fourth-order valence-corrected chi connectivity index (χ4v) is 4.74. The average Bonchev–Trinajstić information content (AvgIpc) is 3.16. The molecule has 2 aromatic carbocycles. The summed E-state index contributed by atoms with van der Waals surface area (Å²) >= 11 is 1.49. The van der Waals surface area contributed by atoms with Crippen molar-refractivity contribution in [1.29, 1.82) is 0 Å². The molecule has 0 amide bonds. The molecule has 1 aliphatic rings. The van der Waals surface area contributed by atoms with Gasteiger partial charge in [0.2, 0.25) is 5.75 Å². The lowest BCUT2D eigenvalue weighted by atomic mass is 9.80. The van der Waals surface area contributed by atoms with Gasteiger partial charge in [-0.25, -0.2) is 4.79 Å². The van der Waals surface area contributed by atoms with Crippen LogP contribution in [0.4, 0.5) is 0 Å². The number of methoxy groups -OCH3 is 2. The maximum Gasteiger partial charge on any atom is 0.338 e. The van der Waals surface area contributed by atoms with Gasteiger partial charge in [0.25, 0.3) is 0 Å². The summed E-state index contributed by atoms with van der Waals surface area (Å²) in [5.41, 5.74) is 2.15. The number of cyclic esters (lactones) is 1. The summed E-state index contributed by atoms with van der Waals surface area (Å²) in [6.45, 7) is 4.08. The molecule has 7 nitrogen and oxygen atoms in total. The molecule has 0 saturated heterocycles. The van der Waals surface area contributed by atoms with E-state index in [4.69, 9.17) is 18.9 Å². The molecule has 0 aromatic heterocycles. The molecule has 172 valence electrons. The molecule has 0 bridgehead atoms. The zero-order valence-electron chi connectivity index (χ0n) is 18.9. The molecule has 32 heavy (non-hydrogen) atoms. The van der Waals surface area contributed by atoms with Gasteiger partial charge in [-0.15, -0.1) is 0 Å². The van der Waals surface area contributed by atoms with E-state index in [9.17, 15) is 14.7 Å². The van der Waals surface area contributed by atoms with E-state index >= 15 is 0 Å². The highest BCUT2D eigenvalue weighted by Crippen LogP contribution is 2.47. The Morgan fingerprint density at radius 1 is 1.12 bits per heavy atom. The Morgan fingerprint density at radius 2 is 1.84 bits per heavy atom. The predicted molar refractivity (Wildman–Crippen MR) is 123 cm³/mol. The number of rotatable bonds is 10. The number of thioether (sulfide) groups is 1. The molecule has 0 aliphatic carbocycles. The minimum absolute atomic E-state index is 0.144. The number of carboxylic acid groups (broad SMARTS) is 1. The largest absolute Gasteiger partial charge is 0.493 e. The third-order valence-electron chi connectivity index (χ3n) is 5.70. The number of ether oxygens (including phenoxy) is 4. The fraction of sp³-hybridized carbons (Fsp3) is 0.417. The number of carbonyl (C=O) groups is 2. The maximum atomic E-state index is 12.1. The predicted octanol–water partition coefficient (Wildman–Crippen LogP) is 4.51. The van der Waals surface area contributed by atoms with Crippen molar-refractivity contribution in [1.82, 2.24) is 0 Å². The van der Waals surface area contributed by atoms with Gasteiger partial charge in [-0.2, -0.15) is 11.8 Å². The van der Waals surface area contributed by atoms with E-state index in [0.717, 1.165) is 11.1 Å². The minimum Gasteiger partial charge on any atom is -0.493 e. The van der Waals surface area contributed by atoms with Crippen LogP contribution in [-0.4, -0.2) is 49.9 Å². The van der Waals surface area contributed by atoms with Crippen molar-refractivity contribution in [3.8, 4) is 28.4 Å². The first kappa shape index (κ1) is 23.8. The second kappa shape index (κ2) is 9.73. The van der Waals surface area contributed by atoms with E-state index in [1.54, 1.807) is 18.2 Å². The Labute approximate surface area is 192 Å². The van der Waals surface area contributed by atoms with Crippen molar-refractivity contribution >= 4 is 23.7 Å². The average molecular weight is 461 g/mol. The Bertz CT molecular complexity index is 1020. The van der Waals surface area contributed by atoms with Crippen LogP contribution in [0.5, 0.6) is 17.2 Å². The molecule has 1 atom stereocenters. The van der Waals surface area contributed by atoms with Crippen LogP contribution < -0.4 is 14.2 Å². The number of fused-ring (bicyclic) bond motifs is 1. The van der Waals surface area contributed by atoms with Gasteiger partial charge in [-0.1, -0.05) is 26.0 Å². The second-order valence-corrected chi connectivity index (χ2v) is 9.12. The minimum atomic E-state index is -0.859. The van der Waals surface area contributed by atoms with Gasteiger partial charge in [0.05, 0.1) is 32.3 Å². The van der Waals surface area contributed by atoms with Crippen molar-refractivity contribution in [2.24, 2.45) is 11.3 Å². The van der Waals surface area contributed by atoms with Gasteiger partial charge in [0.1, 0.15) is 6.61 Å². The Kier molecular flexibility index (Phi) is 7.23. The molecular formula is C24H28O7S. The van der Waals surface area contributed by atoms with Gasteiger partial charge >= 0.3 is 11.9 Å². The number of hydrogen-bond acceptors (Lipinski definition) is 7. The number of esters is 1. The van der Waals surface area contributed by atoms with E-state index in [1.165, 1.54) is 26.0 Å². The lowest BCUT2D eigenvalue weighted by Gasteiger charge is -2.31. The number of aliphatic carboxylic acids is 1. The smallest absolute Gasteiger partial charge is 0.338 e. The van der Waals surface area contributed by atoms with Crippen LogP contribution in [0, 0.1) is 11.3 Å². The Morgan fingerprint density at radius 3 is 2.47 bits per heavy atom. The third kappa shape index (κ3) is 4.50. The molecule has 0 spiro atoms. The first-order valence-electron chi connectivity index (χ1n) is 10.1. The first-order chi connectivity index (χ1) is 15.2. The van der Waals surface area contributed by atoms with Crippen LogP contribution in [0.1, 0.15) is 29.8 Å². The van der Waals surface area contributed by atoms with Crippen LogP contribution >= 0.6 is 11.8 Å². The maximum absolute atomic E-state index is 12.1. The highest BCUT2D eigenvalue weighted by molar-refractivity contribution is 7.98. The van der Waals surface area contributed by atoms with Crippen molar-refractivity contribution < 1.29 is 33.6 Å². The van der Waals surface area contributed by atoms with Gasteiger partial charge in [0, 0.05) is 22.3 Å². The molecule has 1 heterocycles. The summed E-state index contributed by atoms with van der Waals surface area (Å²) in [7, 11) is 3.06. The molecule has 1 aliphatic heterocycles. The van der Waals surface area contributed by atoms with Crippen LogP contribution in [-0.2, 0) is 16.1 Å². The third-order valence-corrected chi connectivity index (χ3v) is 6.36. The van der Waals surface area contributed by atoms with Gasteiger partial charge in [-0.05, 0) is 30.0 Å². The Hall–Kier alpha value is -2.87. The topological polar surface area (TPSA) is 91.3 Å². The van der Waals surface area contributed by atoms with E-state index < -0.39 is 17.3 Å². The van der Waals surface area contributed by atoms with Crippen LogP contribution in [0.25, 0.3) is 11.1 Å². The summed E-state index contributed by atoms with van der Waals surface area (Å²) in [5.74, 6) is -0.0113. The lowest BCUT2D eigenvalue weighted by molar-refractivity contribution is -0.145. The standard InChI is InChI=1S/C24H28O7S/c1-24(2,18(12-32-5)22(25)26)13-31-20-15(9-10-19(28-3)21(20)29-4)14-7-6-8-16-17(14)11-30-23(16)27/h6-10,18H,11-13H2,1-5H3,(H,25,26). The summed E-state index contributed by atoms with van der Waals surface area (Å²) < 4.78 is 22.6. The van der Waals surface area contributed by atoms with Gasteiger partial charge < -0.3 is 24.1 Å². The molecule has 0 fully saturated rings. The van der Waals surface area contributed by atoms with Crippen molar-refractivity contribution in [3.05, 3.63) is 41.5 Å². The van der Waals surface area contributed by atoms with E-state index in [0.29, 0.717) is 34.1 Å². The van der Waals surface area contributed by atoms with Crippen molar-refractivity contribution in [3.63, 3.8) is 0 Å². The van der Waals surface area contributed by atoms with E-state index in [1.807, 2.05) is 32.2 Å². The first-order valence-corrected chi connectivity index (χ1v) is 11.5. The van der Waals surface area contributed by atoms with E-state index in [-0.39, 0.29) is 19.2 Å². The second-order valence-electron chi connectivity index (χ2n) is 8.21. The zero-order valence-corrected chi connectivity index (χ0v) is 19.7. The van der Waals surface area contributed by atoms with Crippen molar-refractivity contribution in [2.75, 3.05) is 32.8 Å². The lowest BCUT2D eigenvalue weighted by Crippen LogP contribution is -2.37. The summed E-state index contributed by atoms with van der Waals surface area (Å²) in [5, 5.41) is 9.72. The molecular weight excluding hydrogens is 432 g/mol. The number of benzene rings is 2. The summed E-state index contributed by atoms with van der Waals surface area (Å²) in [6.07, 6.45) is 1.88. The molecule has 1 unspecified atom stereocenters. The Balaban J connectivity index is 2.07. The van der Waals surface area contributed by atoms with Crippen LogP contribution in [0.15, 0.2) is 30.3 Å². The summed E-state index contributed by atoms with van der Waals surface area (Å²) in [4.78, 5) is 23.9. The van der Waals surface area contributed by atoms with E-state index in [2.05, 4.69) is 0 Å². The normalized spacial score (nSPS) is 13.8. The molecule has 1 N–H and O–H groups in total. The quantitative estimate of drug-likeness (QED) is 0.518. The number of carboxylic acids is 1. The van der Waals surface area contributed by atoms with Crippen molar-refractivity contribution in [2.45, 2.75) is 20.5 Å². The van der Waals surface area contributed by atoms with Gasteiger partial charge in [0.15, 0.2) is 11.5 Å².